The highest BCUT2D eigenvalue weighted by Gasteiger charge is 2.23. The van der Waals surface area contributed by atoms with Gasteiger partial charge in [0.2, 0.25) is 0 Å². The molecule has 10 N–H and O–H groups in total. The first-order valence-electron chi connectivity index (χ1n) is 14.7. The van der Waals surface area contributed by atoms with Crippen LogP contribution in [0.4, 0.5) is 0 Å². The molecular formula is C30H40Cl2N8O8S. The van der Waals surface area contributed by atoms with E-state index in [4.69, 9.17) is 65.1 Å². The predicted molar refractivity (Wildman–Crippen MR) is 186 cm³/mol. The van der Waals surface area contributed by atoms with Crippen molar-refractivity contribution in [1.29, 1.82) is 0 Å². The summed E-state index contributed by atoms with van der Waals surface area (Å²) in [5, 5.41) is 5.94. The summed E-state index contributed by atoms with van der Waals surface area (Å²) in [5.41, 5.74) is 21.3. The first kappa shape index (κ1) is 40.6. The molecule has 0 spiro atoms. The Morgan fingerprint density at radius 1 is 0.714 bits per heavy atom. The molecule has 2 atom stereocenters. The lowest BCUT2D eigenvalue weighted by Crippen LogP contribution is -2.43. The van der Waals surface area contributed by atoms with Gasteiger partial charge in [0, 0.05) is 23.1 Å². The van der Waals surface area contributed by atoms with Crippen LogP contribution in [0.25, 0.3) is 0 Å². The summed E-state index contributed by atoms with van der Waals surface area (Å²) < 4.78 is 21.2. The van der Waals surface area contributed by atoms with Gasteiger partial charge in [-0.2, -0.15) is 0 Å². The zero-order valence-corrected chi connectivity index (χ0v) is 29.2. The molecule has 0 aromatic heterocycles. The number of ether oxygens (including phenoxy) is 4. The molecular weight excluding hydrogens is 703 g/mol. The fourth-order valence-electron chi connectivity index (χ4n) is 4.03. The van der Waals surface area contributed by atoms with Crippen LogP contribution in [0.3, 0.4) is 0 Å². The molecule has 0 aliphatic carbocycles. The molecule has 0 aliphatic heterocycles. The molecule has 0 saturated heterocycles. The van der Waals surface area contributed by atoms with E-state index >= 15 is 0 Å². The van der Waals surface area contributed by atoms with Gasteiger partial charge in [0.05, 0.1) is 24.0 Å². The molecule has 0 heterocycles. The van der Waals surface area contributed by atoms with Gasteiger partial charge < -0.3 is 52.5 Å². The Labute approximate surface area is 297 Å². The number of rotatable bonds is 20. The van der Waals surface area contributed by atoms with Crippen LogP contribution in [0.2, 0.25) is 10.0 Å². The summed E-state index contributed by atoms with van der Waals surface area (Å²) in [5.74, 6) is -2.01. The zero-order valence-electron chi connectivity index (χ0n) is 26.9. The highest BCUT2D eigenvalue weighted by molar-refractivity contribution is 7.99. The average Bonchev–Trinajstić information content (AvgIpc) is 3.05. The van der Waals surface area contributed by atoms with Crippen LogP contribution in [-0.4, -0.2) is 88.3 Å². The number of carbonyl (C=O) groups excluding carboxylic acids is 4. The van der Waals surface area contributed by atoms with Crippen LogP contribution in [0.15, 0.2) is 56.2 Å². The number of carbonyl (C=O) groups is 4. The number of aliphatic imine (C=N–C) groups is 2. The molecule has 19 heteroatoms. The monoisotopic (exact) mass is 742 g/mol. The molecule has 0 aliphatic rings. The Kier molecular flexibility index (Phi) is 17.7. The smallest absolute Gasteiger partial charge is 0.328 e. The lowest BCUT2D eigenvalue weighted by Gasteiger charge is -2.18. The Balaban J connectivity index is 2.11. The molecule has 49 heavy (non-hydrogen) atoms. The van der Waals surface area contributed by atoms with Gasteiger partial charge in [0.15, 0.2) is 25.1 Å². The Morgan fingerprint density at radius 3 is 1.45 bits per heavy atom. The van der Waals surface area contributed by atoms with Crippen LogP contribution >= 0.6 is 35.0 Å². The van der Waals surface area contributed by atoms with E-state index in [1.807, 2.05) is 0 Å². The molecule has 0 bridgehead atoms. The number of nitrogens with two attached hydrogens (primary N) is 4. The SMILES string of the molecule is COC(=O)[C@H](CCCN=C(N)N)NC(=O)COc1ccc(Cl)cc1Sc1cc(Cl)ccc1OCC(=O)N[C@@H](CCCN=C(N)N)C(=O)OC. The number of nitrogens with one attached hydrogen (secondary N) is 2. The molecule has 2 rings (SSSR count). The van der Waals surface area contributed by atoms with Gasteiger partial charge in [-0.05, 0) is 62.1 Å². The van der Waals surface area contributed by atoms with Gasteiger partial charge in [-0.25, -0.2) is 9.59 Å². The van der Waals surface area contributed by atoms with E-state index in [1.54, 1.807) is 36.4 Å². The third-order valence-electron chi connectivity index (χ3n) is 6.28. The second kappa shape index (κ2) is 21.4. The maximum atomic E-state index is 12.7. The maximum Gasteiger partial charge on any atom is 0.328 e. The zero-order chi connectivity index (χ0) is 36.3. The minimum atomic E-state index is -0.940. The minimum Gasteiger partial charge on any atom is -0.483 e. The van der Waals surface area contributed by atoms with Crippen LogP contribution in [0.1, 0.15) is 25.7 Å². The molecule has 0 unspecified atom stereocenters. The van der Waals surface area contributed by atoms with E-state index < -0.39 is 49.1 Å². The number of esters is 2. The summed E-state index contributed by atoms with van der Waals surface area (Å²) in [7, 11) is 2.42. The minimum absolute atomic E-state index is 0.0806. The predicted octanol–water partition coefficient (Wildman–Crippen LogP) is 1.33. The van der Waals surface area contributed by atoms with Crippen molar-refractivity contribution in [3.05, 3.63) is 46.4 Å². The maximum absolute atomic E-state index is 12.7. The fourth-order valence-corrected chi connectivity index (χ4v) is 5.57. The van der Waals surface area contributed by atoms with Gasteiger partial charge in [0.1, 0.15) is 23.6 Å². The standard InChI is InChI=1S/C30H40Cl2N8O8S/c1-45-27(43)19(5-3-11-37-29(33)34)39-25(41)15-47-21-9-7-17(31)13-23(21)49-24-14-18(32)8-10-22(24)48-16-26(42)40-20(28(44)46-2)6-4-12-38-30(35)36/h7-10,13-14,19-20H,3-6,11-12,15-16H2,1-2H3,(H,39,41)(H,40,42)(H4,33,34,37)(H4,35,36,38)/t19-,20-/m0/s1. The van der Waals surface area contributed by atoms with Gasteiger partial charge in [-0.15, -0.1) is 0 Å². The van der Waals surface area contributed by atoms with Gasteiger partial charge >= 0.3 is 11.9 Å². The van der Waals surface area contributed by atoms with Crippen LogP contribution in [-0.2, 0) is 28.7 Å². The second-order valence-electron chi connectivity index (χ2n) is 10.0. The van der Waals surface area contributed by atoms with E-state index in [9.17, 15) is 19.2 Å². The van der Waals surface area contributed by atoms with E-state index in [-0.39, 0.29) is 49.3 Å². The topological polar surface area (TPSA) is 258 Å². The van der Waals surface area contributed by atoms with Crippen LogP contribution < -0.4 is 43.0 Å². The molecule has 0 fully saturated rings. The van der Waals surface area contributed by atoms with Crippen molar-refractivity contribution < 1.29 is 38.1 Å². The molecule has 0 saturated carbocycles. The average molecular weight is 744 g/mol. The first-order chi connectivity index (χ1) is 23.3. The number of hydrogen-bond donors (Lipinski definition) is 6. The molecule has 16 nitrogen and oxygen atoms in total. The number of nitrogens with zero attached hydrogens (tertiary/aromatic N) is 2. The Morgan fingerprint density at radius 2 is 1.10 bits per heavy atom. The van der Waals surface area contributed by atoms with E-state index in [0.717, 1.165) is 11.8 Å². The van der Waals surface area contributed by atoms with Crippen molar-refractivity contribution >= 4 is 70.6 Å². The van der Waals surface area contributed by atoms with Crippen molar-refractivity contribution in [3.63, 3.8) is 0 Å². The quantitative estimate of drug-likeness (QED) is 0.0485. The summed E-state index contributed by atoms with van der Waals surface area (Å²) in [6.07, 6.45) is 1.29. The molecule has 2 aromatic rings. The van der Waals surface area contributed by atoms with Gasteiger partial charge in [-0.1, -0.05) is 35.0 Å². The Hall–Kier alpha value is -4.61. The van der Waals surface area contributed by atoms with E-state index in [1.165, 1.54) is 14.2 Å². The summed E-state index contributed by atoms with van der Waals surface area (Å²) in [6.45, 7) is -0.349. The molecule has 2 aromatic carbocycles. The number of halogens is 2. The number of benzene rings is 2. The van der Waals surface area contributed by atoms with E-state index in [2.05, 4.69) is 20.6 Å². The van der Waals surface area contributed by atoms with Crippen molar-refractivity contribution in [2.24, 2.45) is 32.9 Å². The van der Waals surface area contributed by atoms with Gasteiger partial charge in [-0.3, -0.25) is 19.6 Å². The lowest BCUT2D eigenvalue weighted by molar-refractivity contribution is -0.145. The summed E-state index contributed by atoms with van der Waals surface area (Å²) >= 11 is 13.7. The third-order valence-corrected chi connectivity index (χ3v) is 7.83. The first-order valence-corrected chi connectivity index (χ1v) is 16.3. The van der Waals surface area contributed by atoms with Crippen molar-refractivity contribution in [3.8, 4) is 11.5 Å². The number of guanidine groups is 2. The van der Waals surface area contributed by atoms with E-state index in [0.29, 0.717) is 32.7 Å². The number of hydrogen-bond acceptors (Lipinski definition) is 11. The molecule has 268 valence electrons. The third kappa shape index (κ3) is 15.4. The van der Waals surface area contributed by atoms with Crippen LogP contribution in [0.5, 0.6) is 11.5 Å². The van der Waals surface area contributed by atoms with Crippen LogP contribution in [0, 0.1) is 0 Å². The van der Waals surface area contributed by atoms with Crippen molar-refractivity contribution in [1.82, 2.24) is 10.6 Å². The summed E-state index contributed by atoms with van der Waals surface area (Å²) in [4.78, 5) is 58.6. The largest absolute Gasteiger partial charge is 0.483 e. The van der Waals surface area contributed by atoms with Gasteiger partial charge in [0.25, 0.3) is 11.8 Å². The fraction of sp³-hybridized carbons (Fsp3) is 0.400. The summed E-state index contributed by atoms with van der Waals surface area (Å²) in [6, 6.07) is 7.65. The highest BCUT2D eigenvalue weighted by Crippen LogP contribution is 2.42. The second-order valence-corrected chi connectivity index (χ2v) is 12.0. The molecule has 2 amide bonds. The lowest BCUT2D eigenvalue weighted by atomic mass is 10.1. The molecule has 0 radical (unpaired) electrons. The van der Waals surface area contributed by atoms with Crippen molar-refractivity contribution in [2.75, 3.05) is 40.5 Å². The highest BCUT2D eigenvalue weighted by atomic mass is 35.5. The number of amides is 2. The Bertz CT molecular complexity index is 1400. The normalized spacial score (nSPS) is 11.7. The van der Waals surface area contributed by atoms with Crippen molar-refractivity contribution in [2.45, 2.75) is 47.6 Å². The number of methoxy groups -OCH3 is 2.